The number of hydrogen-bond acceptors (Lipinski definition) is 1. The highest BCUT2D eigenvalue weighted by atomic mass is 14.8. The average molecular weight is 217 g/mol. The topological polar surface area (TPSA) is 12.0 Å². The van der Waals surface area contributed by atoms with E-state index in [0.29, 0.717) is 0 Å². The van der Waals surface area contributed by atoms with Crippen molar-refractivity contribution in [3.63, 3.8) is 0 Å². The van der Waals surface area contributed by atoms with E-state index < -0.39 is 0 Å². The molecule has 16 heavy (non-hydrogen) atoms. The van der Waals surface area contributed by atoms with Gasteiger partial charge in [-0.05, 0) is 36.9 Å². The molecule has 1 aromatic carbocycles. The lowest BCUT2D eigenvalue weighted by atomic mass is 9.91. The Balaban J connectivity index is 2.01. The fraction of sp³-hybridized carbons (Fsp3) is 0.600. The molecule has 88 valence electrons. The van der Waals surface area contributed by atoms with E-state index in [-0.39, 0.29) is 0 Å². The third-order valence-electron chi connectivity index (χ3n) is 3.69. The van der Waals surface area contributed by atoms with Crippen molar-refractivity contribution in [2.24, 2.45) is 0 Å². The van der Waals surface area contributed by atoms with Crippen LogP contribution in [-0.2, 0) is 6.54 Å². The Kier molecular flexibility index (Phi) is 4.41. The van der Waals surface area contributed by atoms with Crippen molar-refractivity contribution in [1.82, 2.24) is 5.32 Å². The van der Waals surface area contributed by atoms with Crippen molar-refractivity contribution < 1.29 is 0 Å². The van der Waals surface area contributed by atoms with Crippen LogP contribution in [-0.4, -0.2) is 7.05 Å². The normalized spacial score (nSPS) is 18.3. The van der Waals surface area contributed by atoms with E-state index in [4.69, 9.17) is 0 Å². The molecule has 1 heteroatoms. The Labute approximate surface area is 99.3 Å². The minimum Gasteiger partial charge on any atom is -0.316 e. The van der Waals surface area contributed by atoms with Crippen molar-refractivity contribution in [2.75, 3.05) is 7.05 Å². The molecular weight excluding hydrogens is 194 g/mol. The van der Waals surface area contributed by atoms with Gasteiger partial charge in [0.2, 0.25) is 0 Å². The van der Waals surface area contributed by atoms with E-state index in [1.54, 1.807) is 5.56 Å². The van der Waals surface area contributed by atoms with Crippen LogP contribution in [0.15, 0.2) is 24.3 Å². The maximum absolute atomic E-state index is 3.19. The summed E-state index contributed by atoms with van der Waals surface area (Å²) in [5.41, 5.74) is 2.95. The van der Waals surface area contributed by atoms with Crippen LogP contribution in [0, 0.1) is 0 Å². The highest BCUT2D eigenvalue weighted by molar-refractivity contribution is 5.25. The van der Waals surface area contributed by atoms with Gasteiger partial charge in [0, 0.05) is 6.54 Å². The quantitative estimate of drug-likeness (QED) is 0.758. The van der Waals surface area contributed by atoms with E-state index in [2.05, 4.69) is 29.6 Å². The maximum Gasteiger partial charge on any atom is 0.0202 e. The summed E-state index contributed by atoms with van der Waals surface area (Å²) in [5, 5.41) is 3.19. The molecule has 1 aliphatic carbocycles. The second-order valence-electron chi connectivity index (χ2n) is 4.96. The Hall–Kier alpha value is -0.820. The molecule has 0 aromatic heterocycles. The lowest BCUT2D eigenvalue weighted by molar-refractivity contribution is 0.592. The van der Waals surface area contributed by atoms with Crippen molar-refractivity contribution in [1.29, 1.82) is 0 Å². The summed E-state index contributed by atoms with van der Waals surface area (Å²) >= 11 is 0. The minimum atomic E-state index is 0.825. The summed E-state index contributed by atoms with van der Waals surface area (Å²) in [6, 6.07) is 9.22. The van der Waals surface area contributed by atoms with E-state index in [1.165, 1.54) is 44.1 Å². The van der Waals surface area contributed by atoms with E-state index in [9.17, 15) is 0 Å². The molecule has 0 atom stereocenters. The molecule has 0 radical (unpaired) electrons. The number of rotatable bonds is 3. The van der Waals surface area contributed by atoms with E-state index in [0.717, 1.165) is 12.5 Å². The lowest BCUT2D eigenvalue weighted by Gasteiger charge is -2.14. The van der Waals surface area contributed by atoms with Gasteiger partial charge >= 0.3 is 0 Å². The number of benzene rings is 1. The highest BCUT2D eigenvalue weighted by Gasteiger charge is 2.13. The Morgan fingerprint density at radius 3 is 2.19 bits per heavy atom. The largest absolute Gasteiger partial charge is 0.316 e. The highest BCUT2D eigenvalue weighted by Crippen LogP contribution is 2.31. The smallest absolute Gasteiger partial charge is 0.0202 e. The third kappa shape index (κ3) is 3.08. The second-order valence-corrected chi connectivity index (χ2v) is 4.96. The van der Waals surface area contributed by atoms with Gasteiger partial charge in [0.05, 0.1) is 0 Å². The number of hydrogen-bond donors (Lipinski definition) is 1. The van der Waals surface area contributed by atoms with Gasteiger partial charge in [-0.1, -0.05) is 49.9 Å². The van der Waals surface area contributed by atoms with Gasteiger partial charge in [0.15, 0.2) is 0 Å². The third-order valence-corrected chi connectivity index (χ3v) is 3.69. The van der Waals surface area contributed by atoms with Gasteiger partial charge in [-0.3, -0.25) is 0 Å². The molecule has 1 saturated carbocycles. The zero-order valence-electron chi connectivity index (χ0n) is 10.3. The Morgan fingerprint density at radius 1 is 1.00 bits per heavy atom. The van der Waals surface area contributed by atoms with Gasteiger partial charge in [-0.15, -0.1) is 0 Å². The SMILES string of the molecule is CNCc1ccc(C2CCCCCC2)cc1. The van der Waals surface area contributed by atoms with Crippen LogP contribution in [0.3, 0.4) is 0 Å². The van der Waals surface area contributed by atoms with Crippen molar-refractivity contribution in [3.8, 4) is 0 Å². The van der Waals surface area contributed by atoms with Gasteiger partial charge < -0.3 is 5.32 Å². The van der Waals surface area contributed by atoms with Crippen LogP contribution in [0.5, 0.6) is 0 Å². The van der Waals surface area contributed by atoms with Crippen molar-refractivity contribution in [2.45, 2.75) is 51.0 Å². The number of nitrogens with one attached hydrogen (secondary N) is 1. The molecule has 0 amide bonds. The van der Waals surface area contributed by atoms with Crippen LogP contribution >= 0.6 is 0 Å². The molecule has 1 N–H and O–H groups in total. The predicted octanol–water partition coefficient (Wildman–Crippen LogP) is 3.84. The standard InChI is InChI=1S/C15H23N/c1-16-12-13-8-10-15(11-9-13)14-6-4-2-3-5-7-14/h8-11,14,16H,2-7,12H2,1H3. The molecule has 1 aliphatic rings. The van der Waals surface area contributed by atoms with Crippen LogP contribution < -0.4 is 5.32 Å². The molecule has 0 saturated heterocycles. The van der Waals surface area contributed by atoms with Crippen LogP contribution in [0.25, 0.3) is 0 Å². The summed E-state index contributed by atoms with van der Waals surface area (Å²) in [4.78, 5) is 0. The molecule has 0 aliphatic heterocycles. The second kappa shape index (κ2) is 6.05. The first-order valence-corrected chi connectivity index (χ1v) is 6.63. The van der Waals surface area contributed by atoms with Crippen LogP contribution in [0.1, 0.15) is 55.6 Å². The summed E-state index contributed by atoms with van der Waals surface area (Å²) in [6.45, 7) is 0.977. The van der Waals surface area contributed by atoms with E-state index in [1.807, 2.05) is 7.05 Å². The maximum atomic E-state index is 3.19. The fourth-order valence-corrected chi connectivity index (χ4v) is 2.72. The molecular formula is C15H23N. The zero-order valence-corrected chi connectivity index (χ0v) is 10.3. The molecule has 1 aromatic rings. The van der Waals surface area contributed by atoms with Gasteiger partial charge in [0.1, 0.15) is 0 Å². The molecule has 0 bridgehead atoms. The first kappa shape index (κ1) is 11.7. The van der Waals surface area contributed by atoms with Gasteiger partial charge in [-0.25, -0.2) is 0 Å². The van der Waals surface area contributed by atoms with Crippen molar-refractivity contribution >= 4 is 0 Å². The molecule has 1 fully saturated rings. The molecule has 0 spiro atoms. The molecule has 2 rings (SSSR count). The van der Waals surface area contributed by atoms with Crippen molar-refractivity contribution in [3.05, 3.63) is 35.4 Å². The van der Waals surface area contributed by atoms with Gasteiger partial charge in [-0.2, -0.15) is 0 Å². The van der Waals surface area contributed by atoms with Crippen LogP contribution in [0.4, 0.5) is 0 Å². The van der Waals surface area contributed by atoms with Crippen LogP contribution in [0.2, 0.25) is 0 Å². The fourth-order valence-electron chi connectivity index (χ4n) is 2.72. The zero-order chi connectivity index (χ0) is 11.2. The Bertz CT molecular complexity index is 294. The first-order chi connectivity index (χ1) is 7.90. The lowest BCUT2D eigenvalue weighted by Crippen LogP contribution is -2.05. The minimum absolute atomic E-state index is 0.825. The molecule has 0 unspecified atom stereocenters. The Morgan fingerprint density at radius 2 is 1.62 bits per heavy atom. The molecule has 1 nitrogen and oxygen atoms in total. The average Bonchev–Trinajstić information content (AvgIpc) is 2.59. The summed E-state index contributed by atoms with van der Waals surface area (Å²) in [5.74, 6) is 0.825. The first-order valence-electron chi connectivity index (χ1n) is 6.63. The summed E-state index contributed by atoms with van der Waals surface area (Å²) in [6.07, 6.45) is 8.51. The summed E-state index contributed by atoms with van der Waals surface area (Å²) < 4.78 is 0. The monoisotopic (exact) mass is 217 g/mol. The summed E-state index contributed by atoms with van der Waals surface area (Å²) in [7, 11) is 2.00. The predicted molar refractivity (Wildman–Crippen MR) is 69.6 cm³/mol. The molecule has 0 heterocycles. The van der Waals surface area contributed by atoms with E-state index >= 15 is 0 Å². The van der Waals surface area contributed by atoms with Gasteiger partial charge in [0.25, 0.3) is 0 Å².